The van der Waals surface area contributed by atoms with Gasteiger partial charge in [0.2, 0.25) is 0 Å². The highest BCUT2D eigenvalue weighted by Gasteiger charge is 2.30. The van der Waals surface area contributed by atoms with Crippen LogP contribution in [0, 0.1) is 0 Å². The fourth-order valence-electron chi connectivity index (χ4n) is 3.49. The standard InChI is InChI=1S/C22H25BrN2O3S.ClH.H2O/c1-5-28-22(27)20-18(13-29-14-9-7-6-8-10-14)25(4)17-11-16(23)21(26)15(19(17)20)12-24(2)3;;/h6-11,16H,5,12-13H2,1-4H3;1H;1H2. The highest BCUT2D eigenvalue weighted by molar-refractivity contribution is 9.10. The quantitative estimate of drug-likeness (QED) is 0.310. The number of hydrogen-bond donors (Lipinski definition) is 0. The van der Waals surface area contributed by atoms with E-state index in [0.29, 0.717) is 28.7 Å². The summed E-state index contributed by atoms with van der Waals surface area (Å²) in [7, 11) is 5.78. The molecule has 0 bridgehead atoms. The first kappa shape index (κ1) is 27.5. The van der Waals surface area contributed by atoms with Crippen LogP contribution >= 0.6 is 40.1 Å². The third-order valence-electron chi connectivity index (χ3n) is 4.79. The number of Topliss-reactive ketones (excluding diaryl/α,β-unsaturated/α-hetero) is 1. The Labute approximate surface area is 201 Å². The number of rotatable bonds is 7. The van der Waals surface area contributed by atoms with E-state index in [1.807, 2.05) is 67.0 Å². The number of benzene rings is 1. The van der Waals surface area contributed by atoms with E-state index in [4.69, 9.17) is 4.74 Å². The van der Waals surface area contributed by atoms with Crippen molar-refractivity contribution in [3.63, 3.8) is 0 Å². The zero-order chi connectivity index (χ0) is 21.1. The third kappa shape index (κ3) is 5.81. The zero-order valence-corrected chi connectivity index (χ0v) is 21.2. The first-order valence-electron chi connectivity index (χ1n) is 9.45. The van der Waals surface area contributed by atoms with Crippen molar-refractivity contribution in [2.45, 2.75) is 22.4 Å². The Morgan fingerprint density at radius 1 is 1.26 bits per heavy atom. The first-order chi connectivity index (χ1) is 13.8. The molecule has 1 aliphatic rings. The topological polar surface area (TPSA) is 83.0 Å². The molecule has 0 fully saturated rings. The van der Waals surface area contributed by atoms with Crippen LogP contribution in [0.25, 0.3) is 11.6 Å². The Morgan fingerprint density at radius 3 is 2.48 bits per heavy atom. The molecule has 1 aliphatic carbocycles. The molecule has 1 aromatic carbocycles. The molecule has 170 valence electrons. The van der Waals surface area contributed by atoms with Crippen molar-refractivity contribution in [3.8, 4) is 0 Å². The molecule has 0 saturated heterocycles. The number of fused-ring (bicyclic) bond motifs is 1. The maximum absolute atomic E-state index is 13.0. The molecule has 1 aromatic heterocycles. The molecule has 2 N–H and O–H groups in total. The molecule has 0 spiro atoms. The number of alkyl halides is 1. The Morgan fingerprint density at radius 2 is 1.90 bits per heavy atom. The van der Waals surface area contributed by atoms with E-state index in [2.05, 4.69) is 15.9 Å². The number of halogens is 2. The normalized spacial score (nSPS) is 15.0. The second-order valence-electron chi connectivity index (χ2n) is 7.11. The number of carbonyl (C=O) groups is 2. The van der Waals surface area contributed by atoms with E-state index in [1.54, 1.807) is 18.7 Å². The molecular formula is C22H28BrClN2O4S. The monoisotopic (exact) mass is 530 g/mol. The van der Waals surface area contributed by atoms with Crippen LogP contribution in [0.4, 0.5) is 0 Å². The Balaban J connectivity index is 0.00000240. The molecule has 0 amide bonds. The van der Waals surface area contributed by atoms with Crippen molar-refractivity contribution in [3.05, 3.63) is 52.2 Å². The maximum Gasteiger partial charge on any atom is 0.340 e. The Hall–Kier alpha value is -1.58. The number of ether oxygens (including phenoxy) is 1. The number of ketones is 1. The fraction of sp³-hybridized carbons (Fsp3) is 0.364. The van der Waals surface area contributed by atoms with Gasteiger partial charge in [0.05, 0.1) is 17.0 Å². The summed E-state index contributed by atoms with van der Waals surface area (Å²) in [5.41, 5.74) is 2.02. The molecule has 3 rings (SSSR count). The van der Waals surface area contributed by atoms with E-state index in [-0.39, 0.29) is 36.2 Å². The molecule has 1 heterocycles. The molecule has 0 radical (unpaired) electrons. The summed E-state index contributed by atoms with van der Waals surface area (Å²) in [6, 6.07) is 10.1. The van der Waals surface area contributed by atoms with Crippen LogP contribution in [0.5, 0.6) is 0 Å². The number of carbonyl (C=O) groups excluding carboxylic acids is 2. The summed E-state index contributed by atoms with van der Waals surface area (Å²) < 4.78 is 7.41. The van der Waals surface area contributed by atoms with Crippen LogP contribution in [0.1, 0.15) is 23.0 Å². The van der Waals surface area contributed by atoms with Gasteiger partial charge in [0, 0.05) is 46.1 Å². The van der Waals surface area contributed by atoms with Gasteiger partial charge in [0.25, 0.3) is 0 Å². The largest absolute Gasteiger partial charge is 0.462 e. The van der Waals surface area contributed by atoms with Crippen LogP contribution in [0.2, 0.25) is 0 Å². The van der Waals surface area contributed by atoms with Gasteiger partial charge in [-0.2, -0.15) is 0 Å². The molecule has 1 unspecified atom stereocenters. The van der Waals surface area contributed by atoms with E-state index in [1.165, 1.54) is 0 Å². The molecule has 2 aromatic rings. The summed E-state index contributed by atoms with van der Waals surface area (Å²) >= 11 is 5.14. The molecule has 9 heteroatoms. The average molecular weight is 532 g/mol. The fourth-order valence-corrected chi connectivity index (χ4v) is 5.01. The molecule has 31 heavy (non-hydrogen) atoms. The number of aromatic nitrogens is 1. The first-order valence-corrected chi connectivity index (χ1v) is 11.4. The van der Waals surface area contributed by atoms with Gasteiger partial charge in [-0.3, -0.25) is 4.79 Å². The van der Waals surface area contributed by atoms with Gasteiger partial charge in [-0.15, -0.1) is 24.2 Å². The van der Waals surface area contributed by atoms with Gasteiger partial charge in [0.15, 0.2) is 5.78 Å². The molecule has 0 aliphatic heterocycles. The van der Waals surface area contributed by atoms with Crippen molar-refractivity contribution < 1.29 is 19.8 Å². The lowest BCUT2D eigenvalue weighted by atomic mass is 9.98. The minimum atomic E-state index is -0.400. The lowest BCUT2D eigenvalue weighted by Gasteiger charge is -2.17. The highest BCUT2D eigenvalue weighted by atomic mass is 79.9. The summed E-state index contributed by atoms with van der Waals surface area (Å²) in [6.07, 6.45) is 1.89. The smallest absolute Gasteiger partial charge is 0.340 e. The van der Waals surface area contributed by atoms with Gasteiger partial charge < -0.3 is 19.7 Å². The summed E-state index contributed by atoms with van der Waals surface area (Å²) in [5, 5.41) is 1.60. The number of esters is 1. The van der Waals surface area contributed by atoms with Gasteiger partial charge in [-0.25, -0.2) is 4.79 Å². The summed E-state index contributed by atoms with van der Waals surface area (Å²) in [4.78, 5) is 28.6. The van der Waals surface area contributed by atoms with Crippen LogP contribution < -0.4 is 10.6 Å². The van der Waals surface area contributed by atoms with E-state index < -0.39 is 4.83 Å². The third-order valence-corrected chi connectivity index (χ3v) is 6.49. The van der Waals surface area contributed by atoms with Crippen molar-refractivity contribution >= 4 is 63.5 Å². The second kappa shape index (κ2) is 11.9. The van der Waals surface area contributed by atoms with E-state index in [0.717, 1.165) is 15.9 Å². The number of hydrogen-bond acceptors (Lipinski definition) is 5. The van der Waals surface area contributed by atoms with Crippen molar-refractivity contribution in [1.29, 1.82) is 0 Å². The van der Waals surface area contributed by atoms with Crippen LogP contribution in [0.3, 0.4) is 0 Å². The van der Waals surface area contributed by atoms with E-state index >= 15 is 0 Å². The average Bonchev–Trinajstić information content (AvgIpc) is 2.96. The molecule has 1 atom stereocenters. The van der Waals surface area contributed by atoms with Crippen molar-refractivity contribution in [2.24, 2.45) is 7.05 Å². The van der Waals surface area contributed by atoms with Crippen LogP contribution in [-0.2, 0) is 22.3 Å². The minimum absolute atomic E-state index is 0. The van der Waals surface area contributed by atoms with Gasteiger partial charge in [-0.05, 0) is 39.2 Å². The zero-order valence-electron chi connectivity index (χ0n) is 18.0. The Bertz CT molecular complexity index is 1050. The van der Waals surface area contributed by atoms with Gasteiger partial charge in [-0.1, -0.05) is 34.1 Å². The number of nitrogens with zero attached hydrogens (tertiary/aromatic N) is 2. The molecule has 0 saturated carbocycles. The number of thioether (sulfide) groups is 1. The molecular weight excluding hydrogens is 504 g/mol. The lowest BCUT2D eigenvalue weighted by molar-refractivity contribution is -0.112. The van der Waals surface area contributed by atoms with Gasteiger partial charge in [0.1, 0.15) is 0 Å². The summed E-state index contributed by atoms with van der Waals surface area (Å²) in [5.74, 6) is 0.217. The maximum atomic E-state index is 13.0. The van der Waals surface area contributed by atoms with Crippen LogP contribution in [-0.4, -0.2) is 58.8 Å². The van der Waals surface area contributed by atoms with Crippen molar-refractivity contribution in [2.75, 3.05) is 27.2 Å². The Kier molecular flexibility index (Phi) is 10.5. The van der Waals surface area contributed by atoms with Crippen LogP contribution in [0.15, 0.2) is 35.2 Å². The summed E-state index contributed by atoms with van der Waals surface area (Å²) in [6.45, 7) is 2.54. The van der Waals surface area contributed by atoms with E-state index in [9.17, 15) is 9.59 Å². The predicted octanol–water partition coefficient (Wildman–Crippen LogP) is 1.93. The minimum Gasteiger partial charge on any atom is -0.462 e. The van der Waals surface area contributed by atoms with Crippen molar-refractivity contribution in [1.82, 2.24) is 9.47 Å². The van der Waals surface area contributed by atoms with Gasteiger partial charge >= 0.3 is 5.97 Å². The SMILES string of the molecule is CCOC(=O)c1c(CSc2ccccc2)n(C)c2c1=C(CN(C)C)C(=O)C(Br)C=2.Cl.O. The lowest BCUT2D eigenvalue weighted by Crippen LogP contribution is -2.43. The predicted molar refractivity (Wildman–Crippen MR) is 132 cm³/mol. The highest BCUT2D eigenvalue weighted by Crippen LogP contribution is 2.24. The second-order valence-corrected chi connectivity index (χ2v) is 9.15. The molecule has 6 nitrogen and oxygen atoms in total.